The molecule has 0 saturated heterocycles. The number of H-pyrrole nitrogens is 2. The van der Waals surface area contributed by atoms with Crippen LogP contribution in [0.4, 0.5) is 0 Å². The van der Waals surface area contributed by atoms with Crippen LogP contribution in [0, 0.1) is 4.77 Å². The maximum Gasteiger partial charge on any atom is 0.262 e. The van der Waals surface area contributed by atoms with Crippen molar-refractivity contribution in [1.82, 2.24) is 24.4 Å². The van der Waals surface area contributed by atoms with Crippen molar-refractivity contribution >= 4 is 51.5 Å². The number of aromatic nitrogens is 4. The van der Waals surface area contributed by atoms with Crippen LogP contribution in [0.3, 0.4) is 0 Å². The number of nitrogens with zero attached hydrogens (tertiary/aromatic N) is 3. The molecule has 0 aliphatic rings. The Morgan fingerprint density at radius 3 is 2.71 bits per heavy atom. The third-order valence-corrected chi connectivity index (χ3v) is 5.94. The average Bonchev–Trinajstić information content (AvgIpc) is 2.80. The van der Waals surface area contributed by atoms with Crippen molar-refractivity contribution in [2.75, 3.05) is 6.54 Å². The summed E-state index contributed by atoms with van der Waals surface area (Å²) in [6.45, 7) is 6.45. The second-order valence-electron chi connectivity index (χ2n) is 7.80. The lowest BCUT2D eigenvalue weighted by Gasteiger charge is -2.22. The molecule has 2 aromatic heterocycles. The summed E-state index contributed by atoms with van der Waals surface area (Å²) < 4.78 is 1.66. The minimum Gasteiger partial charge on any atom is -0.332 e. The molecule has 0 aliphatic carbocycles. The molecule has 4 rings (SSSR count). The first-order valence-corrected chi connectivity index (χ1v) is 11.5. The highest BCUT2D eigenvalue weighted by Crippen LogP contribution is 2.17. The van der Waals surface area contributed by atoms with Gasteiger partial charge in [0.1, 0.15) is 5.82 Å². The van der Waals surface area contributed by atoms with Gasteiger partial charge >= 0.3 is 0 Å². The molecule has 34 heavy (non-hydrogen) atoms. The number of aromatic amines is 2. The number of halogens is 1. The van der Waals surface area contributed by atoms with Gasteiger partial charge in [-0.1, -0.05) is 24.6 Å². The fraction of sp³-hybridized carbons (Fsp3) is 0.208. The van der Waals surface area contributed by atoms with Gasteiger partial charge in [0.15, 0.2) is 4.77 Å². The summed E-state index contributed by atoms with van der Waals surface area (Å²) in [7, 11) is 0. The van der Waals surface area contributed by atoms with E-state index in [4.69, 9.17) is 23.8 Å². The molecule has 1 amide bonds. The van der Waals surface area contributed by atoms with Crippen molar-refractivity contribution < 1.29 is 4.79 Å². The lowest BCUT2D eigenvalue weighted by atomic mass is 10.1. The van der Waals surface area contributed by atoms with Crippen molar-refractivity contribution in [3.8, 4) is 0 Å². The van der Waals surface area contributed by atoms with Crippen molar-refractivity contribution in [3.63, 3.8) is 0 Å². The Balaban J connectivity index is 1.70. The summed E-state index contributed by atoms with van der Waals surface area (Å²) in [5.74, 6) is 0.0984. The lowest BCUT2D eigenvalue weighted by molar-refractivity contribution is 0.0739. The van der Waals surface area contributed by atoms with Crippen LogP contribution in [-0.4, -0.2) is 36.9 Å². The minimum atomic E-state index is -0.297. The van der Waals surface area contributed by atoms with Gasteiger partial charge in [-0.3, -0.25) is 19.0 Å². The molecule has 0 bridgehead atoms. The molecule has 2 aromatic carbocycles. The Morgan fingerprint density at radius 1 is 1.21 bits per heavy atom. The van der Waals surface area contributed by atoms with Crippen LogP contribution in [0.1, 0.15) is 29.5 Å². The van der Waals surface area contributed by atoms with Crippen LogP contribution < -0.4 is 11.1 Å². The van der Waals surface area contributed by atoms with Gasteiger partial charge in [0, 0.05) is 23.7 Å². The van der Waals surface area contributed by atoms with Gasteiger partial charge in [-0.25, -0.2) is 4.98 Å². The Morgan fingerprint density at radius 2 is 1.97 bits per heavy atom. The molecule has 10 heteroatoms. The largest absolute Gasteiger partial charge is 0.332 e. The quantitative estimate of drug-likeness (QED) is 0.295. The highest BCUT2D eigenvalue weighted by Gasteiger charge is 2.18. The molecule has 174 valence electrons. The average molecular weight is 496 g/mol. The second kappa shape index (κ2) is 9.74. The fourth-order valence-electron chi connectivity index (χ4n) is 3.80. The van der Waals surface area contributed by atoms with Gasteiger partial charge in [-0.15, -0.1) is 6.58 Å². The molecule has 0 radical (unpaired) electrons. The van der Waals surface area contributed by atoms with Crippen LogP contribution >= 0.6 is 23.8 Å². The fourth-order valence-corrected chi connectivity index (χ4v) is 4.24. The first-order chi connectivity index (χ1) is 16.3. The maximum atomic E-state index is 13.4. The lowest BCUT2D eigenvalue weighted by Crippen LogP contribution is -2.33. The summed E-state index contributed by atoms with van der Waals surface area (Å²) in [4.78, 5) is 50.5. The van der Waals surface area contributed by atoms with E-state index in [1.807, 2.05) is 6.92 Å². The summed E-state index contributed by atoms with van der Waals surface area (Å²) in [5.41, 5.74) is 0.779. The zero-order valence-electron chi connectivity index (χ0n) is 18.4. The molecule has 4 aromatic rings. The molecule has 0 saturated carbocycles. The van der Waals surface area contributed by atoms with Gasteiger partial charge in [0.2, 0.25) is 0 Å². The molecule has 0 aliphatic heterocycles. The number of nitrogens with one attached hydrogen (secondary N) is 2. The Hall–Kier alpha value is -3.56. The summed E-state index contributed by atoms with van der Waals surface area (Å²) in [6.07, 6.45) is 2.30. The van der Waals surface area contributed by atoms with E-state index in [0.717, 1.165) is 0 Å². The van der Waals surface area contributed by atoms with E-state index in [1.165, 1.54) is 4.57 Å². The molecule has 0 spiro atoms. The second-order valence-corrected chi connectivity index (χ2v) is 8.62. The Bertz CT molecular complexity index is 1600. The number of benzene rings is 2. The predicted molar refractivity (Wildman–Crippen MR) is 136 cm³/mol. The Kier molecular flexibility index (Phi) is 6.76. The van der Waals surface area contributed by atoms with E-state index in [2.05, 4.69) is 21.5 Å². The molecule has 0 unspecified atom stereocenters. The number of amides is 1. The topological polar surface area (TPSA) is 104 Å². The number of carbonyl (C=O) groups excluding carboxylic acids is 1. The molecule has 8 nitrogen and oxygen atoms in total. The molecule has 2 N–H and O–H groups in total. The van der Waals surface area contributed by atoms with Crippen molar-refractivity contribution in [2.24, 2.45) is 0 Å². The van der Waals surface area contributed by atoms with Crippen LogP contribution in [0.5, 0.6) is 0 Å². The maximum absolute atomic E-state index is 13.4. The van der Waals surface area contributed by atoms with Gasteiger partial charge in [0.05, 0.1) is 28.4 Å². The first-order valence-electron chi connectivity index (χ1n) is 10.7. The van der Waals surface area contributed by atoms with Gasteiger partial charge in [-0.2, -0.15) is 0 Å². The van der Waals surface area contributed by atoms with Crippen molar-refractivity contribution in [2.45, 2.75) is 26.4 Å². The Labute approximate surface area is 204 Å². The first kappa shape index (κ1) is 23.6. The minimum absolute atomic E-state index is 0.110. The van der Waals surface area contributed by atoms with Gasteiger partial charge < -0.3 is 14.9 Å². The zero-order valence-corrected chi connectivity index (χ0v) is 20.0. The van der Waals surface area contributed by atoms with Gasteiger partial charge in [-0.05, 0) is 55.0 Å². The monoisotopic (exact) mass is 495 g/mol. The molecule has 2 heterocycles. The summed E-state index contributed by atoms with van der Waals surface area (Å²) >= 11 is 11.3. The zero-order chi connectivity index (χ0) is 24.4. The molecular formula is C24H22ClN5O3S. The van der Waals surface area contributed by atoms with E-state index in [0.29, 0.717) is 51.2 Å². The number of allylic oxidation sites excluding steroid dienone is 1. The standard InChI is InChI=1S/C24H22ClN5O3S/c1-3-9-29(13-20-26-19-12-15(25)6-8-16(19)21(31)28-20)22(32)14-5-7-17-18(11-14)27-24(34)30(10-4-2)23(17)33/h4-8,11-12H,2-3,9-10,13H2,1H3,(H,27,34)(H,26,28,31). The summed E-state index contributed by atoms with van der Waals surface area (Å²) in [6, 6.07) is 9.70. The number of carbonyl (C=O) groups is 1. The normalized spacial score (nSPS) is 11.1. The van der Waals surface area contributed by atoms with Crippen molar-refractivity contribution in [3.05, 3.63) is 90.9 Å². The van der Waals surface area contributed by atoms with Crippen LogP contribution in [0.2, 0.25) is 5.02 Å². The third-order valence-electron chi connectivity index (χ3n) is 5.38. The number of rotatable bonds is 7. The summed E-state index contributed by atoms with van der Waals surface area (Å²) in [5, 5.41) is 1.32. The van der Waals surface area contributed by atoms with Crippen LogP contribution in [0.15, 0.2) is 58.6 Å². The van der Waals surface area contributed by atoms with Crippen LogP contribution in [-0.2, 0) is 13.1 Å². The van der Waals surface area contributed by atoms with E-state index >= 15 is 0 Å². The van der Waals surface area contributed by atoms with E-state index in [-0.39, 0.29) is 34.9 Å². The van der Waals surface area contributed by atoms with E-state index < -0.39 is 0 Å². The van der Waals surface area contributed by atoms with E-state index in [9.17, 15) is 14.4 Å². The molecule has 0 atom stereocenters. The molecular weight excluding hydrogens is 474 g/mol. The third kappa shape index (κ3) is 4.57. The number of hydrogen-bond acceptors (Lipinski definition) is 5. The van der Waals surface area contributed by atoms with E-state index in [1.54, 1.807) is 47.4 Å². The van der Waals surface area contributed by atoms with Gasteiger partial charge in [0.25, 0.3) is 17.0 Å². The predicted octanol–water partition coefficient (Wildman–Crippen LogP) is 4.19. The molecule has 0 fully saturated rings. The SMILES string of the molecule is C=CCn1c(=S)[nH]c2cc(C(=O)N(CCC)Cc3nc4cc(Cl)ccc4c(=O)[nH]3)ccc2c1=O. The highest BCUT2D eigenvalue weighted by molar-refractivity contribution is 7.71. The number of fused-ring (bicyclic) bond motifs is 2. The van der Waals surface area contributed by atoms with Crippen molar-refractivity contribution in [1.29, 1.82) is 0 Å². The number of hydrogen-bond donors (Lipinski definition) is 2. The highest BCUT2D eigenvalue weighted by atomic mass is 35.5. The van der Waals surface area contributed by atoms with Crippen LogP contribution in [0.25, 0.3) is 21.8 Å². The smallest absolute Gasteiger partial charge is 0.262 e.